The lowest BCUT2D eigenvalue weighted by Crippen LogP contribution is -2.52. The number of halogens is 2. The quantitative estimate of drug-likeness (QED) is 0.663. The number of alkyl halides is 2. The minimum Gasteiger partial charge on any atom is -0.465 e. The van der Waals surface area contributed by atoms with E-state index in [2.05, 4.69) is 10.1 Å². The molecular weight excluding hydrogens is 180 g/mol. The number of hydrogen-bond acceptors (Lipinski definition) is 3. The van der Waals surface area contributed by atoms with Crippen LogP contribution in [0.25, 0.3) is 0 Å². The Morgan fingerprint density at radius 2 is 2.23 bits per heavy atom. The molecule has 0 radical (unpaired) electrons. The van der Waals surface area contributed by atoms with Crippen LogP contribution in [0.5, 0.6) is 0 Å². The summed E-state index contributed by atoms with van der Waals surface area (Å²) in [6.45, 7) is 0.539. The number of hydrogen-bond donors (Lipinski definition) is 1. The maximum absolute atomic E-state index is 13.2. The highest BCUT2D eigenvalue weighted by Crippen LogP contribution is 2.26. The van der Waals surface area contributed by atoms with Gasteiger partial charge in [-0.25, -0.2) is 4.79 Å². The van der Waals surface area contributed by atoms with Crippen molar-refractivity contribution in [2.24, 2.45) is 0 Å². The van der Waals surface area contributed by atoms with E-state index in [0.717, 1.165) is 20.0 Å². The molecule has 1 atom stereocenters. The second-order valence-electron chi connectivity index (χ2n) is 3.12. The van der Waals surface area contributed by atoms with Crippen molar-refractivity contribution < 1.29 is 18.3 Å². The van der Waals surface area contributed by atoms with Crippen LogP contribution in [0.3, 0.4) is 0 Å². The lowest BCUT2D eigenvalue weighted by molar-refractivity contribution is -0.174. The topological polar surface area (TPSA) is 38.3 Å². The zero-order valence-corrected chi connectivity index (χ0v) is 7.48. The van der Waals surface area contributed by atoms with Gasteiger partial charge < -0.3 is 10.1 Å². The molecule has 0 bridgehead atoms. The van der Waals surface area contributed by atoms with E-state index in [4.69, 9.17) is 0 Å². The molecular formula is C8H13F2NO2. The first-order valence-electron chi connectivity index (χ1n) is 4.28. The Morgan fingerprint density at radius 3 is 2.69 bits per heavy atom. The van der Waals surface area contributed by atoms with Crippen molar-refractivity contribution in [2.45, 2.75) is 31.2 Å². The van der Waals surface area contributed by atoms with Gasteiger partial charge >= 0.3 is 11.9 Å². The summed E-state index contributed by atoms with van der Waals surface area (Å²) in [5, 5.41) is 2.62. The number of rotatable bonds is 2. The van der Waals surface area contributed by atoms with Crippen molar-refractivity contribution in [1.29, 1.82) is 0 Å². The summed E-state index contributed by atoms with van der Waals surface area (Å²) in [6.07, 6.45) is 1.93. The maximum atomic E-state index is 13.2. The van der Waals surface area contributed by atoms with Gasteiger partial charge in [0.05, 0.1) is 13.2 Å². The van der Waals surface area contributed by atoms with Gasteiger partial charge in [0.2, 0.25) is 0 Å². The van der Waals surface area contributed by atoms with Crippen LogP contribution in [-0.2, 0) is 9.53 Å². The van der Waals surface area contributed by atoms with Gasteiger partial charge in [0.1, 0.15) is 0 Å². The fourth-order valence-electron chi connectivity index (χ4n) is 1.44. The van der Waals surface area contributed by atoms with Gasteiger partial charge in [-0.2, -0.15) is 8.78 Å². The number of esters is 1. The molecule has 1 N–H and O–H groups in total. The Morgan fingerprint density at radius 1 is 1.54 bits per heavy atom. The lowest BCUT2D eigenvalue weighted by Gasteiger charge is -2.28. The van der Waals surface area contributed by atoms with E-state index in [1.54, 1.807) is 0 Å². The van der Waals surface area contributed by atoms with Gasteiger partial charge in [-0.3, -0.25) is 0 Å². The third-order valence-electron chi connectivity index (χ3n) is 2.21. The molecule has 1 saturated heterocycles. The summed E-state index contributed by atoms with van der Waals surface area (Å²) in [6, 6.07) is -1.06. The van der Waals surface area contributed by atoms with Gasteiger partial charge in [-0.15, -0.1) is 0 Å². The number of carbonyl (C=O) groups excluding carboxylic acids is 1. The van der Waals surface area contributed by atoms with Crippen molar-refractivity contribution in [3.8, 4) is 0 Å². The smallest absolute Gasteiger partial charge is 0.378 e. The molecule has 0 amide bonds. The Balaban J connectivity index is 2.60. The number of carbonyl (C=O) groups is 1. The number of methoxy groups -OCH3 is 1. The van der Waals surface area contributed by atoms with Crippen molar-refractivity contribution in [2.75, 3.05) is 13.7 Å². The molecule has 1 fully saturated rings. The molecule has 5 heteroatoms. The number of piperidine rings is 1. The monoisotopic (exact) mass is 193 g/mol. The summed E-state index contributed by atoms with van der Waals surface area (Å²) < 4.78 is 30.4. The summed E-state index contributed by atoms with van der Waals surface area (Å²) in [4.78, 5) is 10.7. The third-order valence-corrected chi connectivity index (χ3v) is 2.21. The van der Waals surface area contributed by atoms with Crippen LogP contribution >= 0.6 is 0 Å². The lowest BCUT2D eigenvalue weighted by atomic mass is 9.99. The van der Waals surface area contributed by atoms with Crippen molar-refractivity contribution in [1.82, 2.24) is 5.32 Å². The summed E-state index contributed by atoms with van der Waals surface area (Å²) in [5.41, 5.74) is 0. The van der Waals surface area contributed by atoms with E-state index in [1.807, 2.05) is 0 Å². The fraction of sp³-hybridized carbons (Fsp3) is 0.875. The molecule has 1 unspecified atom stereocenters. The van der Waals surface area contributed by atoms with Gasteiger partial charge in [0.25, 0.3) is 0 Å². The SMILES string of the molecule is COC(=O)C(F)(F)C1CCCCN1. The van der Waals surface area contributed by atoms with E-state index in [9.17, 15) is 13.6 Å². The van der Waals surface area contributed by atoms with Crippen LogP contribution in [0.15, 0.2) is 0 Å². The summed E-state index contributed by atoms with van der Waals surface area (Å²) in [5.74, 6) is -4.85. The van der Waals surface area contributed by atoms with E-state index >= 15 is 0 Å². The first kappa shape index (κ1) is 10.4. The average Bonchev–Trinajstić information content (AvgIpc) is 2.18. The van der Waals surface area contributed by atoms with E-state index in [-0.39, 0.29) is 0 Å². The van der Waals surface area contributed by atoms with E-state index in [0.29, 0.717) is 13.0 Å². The van der Waals surface area contributed by atoms with E-state index < -0.39 is 17.9 Å². The second kappa shape index (κ2) is 4.00. The predicted molar refractivity (Wildman–Crippen MR) is 42.6 cm³/mol. The second-order valence-corrected chi connectivity index (χ2v) is 3.12. The summed E-state index contributed by atoms with van der Waals surface area (Å²) in [7, 11) is 0.971. The van der Waals surface area contributed by atoms with Crippen molar-refractivity contribution in [3.63, 3.8) is 0 Å². The molecule has 1 aliphatic rings. The Hall–Kier alpha value is -0.710. The Labute approximate surface area is 75.4 Å². The first-order chi connectivity index (χ1) is 6.09. The van der Waals surface area contributed by atoms with Crippen LogP contribution in [0.2, 0.25) is 0 Å². The first-order valence-corrected chi connectivity index (χ1v) is 4.28. The predicted octanol–water partition coefficient (Wildman–Crippen LogP) is 0.937. The molecule has 1 heterocycles. The van der Waals surface area contributed by atoms with Gasteiger partial charge in [-0.1, -0.05) is 6.42 Å². The minimum atomic E-state index is -3.39. The standard InChI is InChI=1S/C8H13F2NO2/c1-13-7(12)8(9,10)6-4-2-3-5-11-6/h6,11H,2-5H2,1H3. The van der Waals surface area contributed by atoms with Gasteiger partial charge in [0, 0.05) is 0 Å². The number of nitrogens with one attached hydrogen (secondary N) is 1. The molecule has 76 valence electrons. The highest BCUT2D eigenvalue weighted by molar-refractivity contribution is 5.78. The molecule has 0 aromatic heterocycles. The third kappa shape index (κ3) is 2.15. The van der Waals surface area contributed by atoms with Crippen LogP contribution in [0.1, 0.15) is 19.3 Å². The largest absolute Gasteiger partial charge is 0.465 e. The van der Waals surface area contributed by atoms with Crippen LogP contribution in [-0.4, -0.2) is 31.6 Å². The fourth-order valence-corrected chi connectivity index (χ4v) is 1.44. The minimum absolute atomic E-state index is 0.322. The highest BCUT2D eigenvalue weighted by Gasteiger charge is 2.48. The van der Waals surface area contributed by atoms with Crippen molar-refractivity contribution >= 4 is 5.97 Å². The Kier molecular flexibility index (Phi) is 3.19. The molecule has 0 spiro atoms. The molecule has 0 aromatic carbocycles. The average molecular weight is 193 g/mol. The zero-order valence-electron chi connectivity index (χ0n) is 7.48. The molecule has 0 aliphatic carbocycles. The van der Waals surface area contributed by atoms with E-state index in [1.165, 1.54) is 0 Å². The summed E-state index contributed by atoms with van der Waals surface area (Å²) >= 11 is 0. The van der Waals surface area contributed by atoms with Crippen molar-refractivity contribution in [3.05, 3.63) is 0 Å². The normalized spacial score (nSPS) is 24.1. The van der Waals surface area contributed by atoms with Crippen LogP contribution in [0.4, 0.5) is 8.78 Å². The zero-order chi connectivity index (χ0) is 9.90. The highest BCUT2D eigenvalue weighted by atomic mass is 19.3. The molecule has 3 nitrogen and oxygen atoms in total. The van der Waals surface area contributed by atoms with Crippen LogP contribution in [0, 0.1) is 0 Å². The maximum Gasteiger partial charge on any atom is 0.378 e. The number of ether oxygens (including phenoxy) is 1. The molecule has 1 rings (SSSR count). The molecule has 1 aliphatic heterocycles. The van der Waals surface area contributed by atoms with Crippen LogP contribution < -0.4 is 5.32 Å². The van der Waals surface area contributed by atoms with Gasteiger partial charge in [0.15, 0.2) is 0 Å². The Bertz CT molecular complexity index is 191. The molecule has 13 heavy (non-hydrogen) atoms. The molecule has 0 saturated carbocycles. The van der Waals surface area contributed by atoms with Gasteiger partial charge in [-0.05, 0) is 19.4 Å². The molecule has 0 aromatic rings.